The molecule has 4 rings (SSSR count). The van der Waals surface area contributed by atoms with Gasteiger partial charge in [0, 0.05) is 25.6 Å². The van der Waals surface area contributed by atoms with Gasteiger partial charge in [0.25, 0.3) is 5.91 Å². The molecule has 1 fully saturated rings. The Labute approximate surface area is 143 Å². The average Bonchev–Trinajstić information content (AvgIpc) is 3.08. The van der Waals surface area contributed by atoms with Gasteiger partial charge in [-0.05, 0) is 17.2 Å². The molecule has 0 aromatic heterocycles. The van der Waals surface area contributed by atoms with Gasteiger partial charge in [-0.15, -0.1) is 0 Å². The molecule has 2 heterocycles. The molecule has 6 heteroatoms. The van der Waals surface area contributed by atoms with Crippen LogP contribution in [0.5, 0.6) is 0 Å². The topological polar surface area (TPSA) is 32.3 Å². The summed E-state index contributed by atoms with van der Waals surface area (Å²) in [5.74, 6) is -0.643. The number of nitrogens with one attached hydrogen (secondary N) is 1. The van der Waals surface area contributed by atoms with Crippen LogP contribution >= 0.6 is 0 Å². The van der Waals surface area contributed by atoms with Crippen molar-refractivity contribution < 1.29 is 18.0 Å². The lowest BCUT2D eigenvalue weighted by Crippen LogP contribution is -2.48. The summed E-state index contributed by atoms with van der Waals surface area (Å²) in [5.41, 5.74) is 0.405. The third-order valence-electron chi connectivity index (χ3n) is 5.05. The fourth-order valence-electron chi connectivity index (χ4n) is 3.93. The zero-order valence-corrected chi connectivity index (χ0v) is 13.4. The maximum atomic E-state index is 13.5. The van der Waals surface area contributed by atoms with Gasteiger partial charge in [0.15, 0.2) is 0 Å². The van der Waals surface area contributed by atoms with E-state index < -0.39 is 17.6 Å². The fourth-order valence-corrected chi connectivity index (χ4v) is 3.93. The van der Waals surface area contributed by atoms with Crippen LogP contribution in [-0.4, -0.2) is 29.9 Å². The largest absolute Gasteiger partial charge is 0.417 e. The highest BCUT2D eigenvalue weighted by atomic mass is 19.4. The Kier molecular flexibility index (Phi) is 3.80. The van der Waals surface area contributed by atoms with Crippen molar-refractivity contribution in [1.82, 2.24) is 10.2 Å². The number of fused-ring (bicyclic) bond motifs is 3. The highest BCUT2D eigenvalue weighted by Gasteiger charge is 2.46. The lowest BCUT2D eigenvalue weighted by molar-refractivity contribution is -0.138. The molecule has 2 aliphatic rings. The molecule has 2 aliphatic heterocycles. The molecular weight excluding hydrogens is 329 g/mol. The summed E-state index contributed by atoms with van der Waals surface area (Å²) in [5, 5.41) is 3.22. The van der Waals surface area contributed by atoms with Crippen LogP contribution in [-0.2, 0) is 12.7 Å². The van der Waals surface area contributed by atoms with Crippen LogP contribution in [0.4, 0.5) is 13.2 Å². The number of rotatable bonds is 2. The number of amides is 1. The quantitative estimate of drug-likeness (QED) is 0.904. The van der Waals surface area contributed by atoms with Gasteiger partial charge in [-0.2, -0.15) is 13.2 Å². The Hall–Kier alpha value is -2.34. The van der Waals surface area contributed by atoms with E-state index in [1.54, 1.807) is 11.0 Å². The van der Waals surface area contributed by atoms with Crippen molar-refractivity contribution >= 4 is 5.91 Å². The minimum Gasteiger partial charge on any atom is -0.329 e. The molecule has 1 saturated heterocycles. The van der Waals surface area contributed by atoms with Gasteiger partial charge >= 0.3 is 6.18 Å². The maximum absolute atomic E-state index is 13.5. The van der Waals surface area contributed by atoms with Crippen LogP contribution in [0.1, 0.15) is 33.0 Å². The number of alkyl halides is 3. The minimum absolute atomic E-state index is 0.112. The van der Waals surface area contributed by atoms with E-state index in [0.717, 1.165) is 11.6 Å². The Balaban J connectivity index is 1.81. The van der Waals surface area contributed by atoms with Gasteiger partial charge in [-0.1, -0.05) is 42.5 Å². The Bertz CT molecular complexity index is 804. The Morgan fingerprint density at radius 2 is 1.80 bits per heavy atom. The van der Waals surface area contributed by atoms with Crippen molar-refractivity contribution in [3.05, 3.63) is 70.8 Å². The molecule has 25 heavy (non-hydrogen) atoms. The van der Waals surface area contributed by atoms with Crippen molar-refractivity contribution in [2.75, 3.05) is 13.1 Å². The zero-order valence-electron chi connectivity index (χ0n) is 13.4. The van der Waals surface area contributed by atoms with Gasteiger partial charge < -0.3 is 10.2 Å². The minimum atomic E-state index is -4.54. The molecule has 0 saturated carbocycles. The van der Waals surface area contributed by atoms with Crippen LogP contribution in [0.2, 0.25) is 0 Å². The van der Waals surface area contributed by atoms with E-state index in [1.807, 2.05) is 30.3 Å². The summed E-state index contributed by atoms with van der Waals surface area (Å²) >= 11 is 0. The lowest BCUT2D eigenvalue weighted by Gasteiger charge is -2.39. The Morgan fingerprint density at radius 3 is 2.52 bits per heavy atom. The second-order valence-electron chi connectivity index (χ2n) is 6.52. The number of carbonyl (C=O) groups is 1. The summed E-state index contributed by atoms with van der Waals surface area (Å²) in [6.07, 6.45) is -4.54. The van der Waals surface area contributed by atoms with Crippen LogP contribution < -0.4 is 5.32 Å². The lowest BCUT2D eigenvalue weighted by atomic mass is 9.82. The molecule has 0 unspecified atom stereocenters. The highest BCUT2D eigenvalue weighted by Crippen LogP contribution is 2.42. The molecular formula is C19H17F3N2O. The second kappa shape index (κ2) is 5.88. The summed E-state index contributed by atoms with van der Waals surface area (Å²) in [6.45, 7) is 1.49. The van der Waals surface area contributed by atoms with Gasteiger partial charge in [-0.3, -0.25) is 4.79 Å². The molecule has 2 aromatic rings. The molecule has 130 valence electrons. The molecule has 2 aromatic carbocycles. The standard InChI is InChI=1S/C19H17F3N2O/c20-19(21,22)15-8-4-7-13-14-9-23-10-16(14)24(18(25)17(13)15)11-12-5-2-1-3-6-12/h1-8,14,16,23H,9-11H2/t14-,16-/m0/s1. The molecule has 1 N–H and O–H groups in total. The summed E-state index contributed by atoms with van der Waals surface area (Å²) in [6, 6.07) is 13.3. The van der Waals surface area contributed by atoms with E-state index in [1.165, 1.54) is 6.07 Å². The molecule has 2 atom stereocenters. The predicted molar refractivity (Wildman–Crippen MR) is 87.2 cm³/mol. The monoisotopic (exact) mass is 346 g/mol. The number of carbonyl (C=O) groups excluding carboxylic acids is 1. The van der Waals surface area contributed by atoms with Crippen molar-refractivity contribution in [2.45, 2.75) is 24.7 Å². The molecule has 0 bridgehead atoms. The number of nitrogens with zero attached hydrogens (tertiary/aromatic N) is 1. The maximum Gasteiger partial charge on any atom is 0.417 e. The highest BCUT2D eigenvalue weighted by molar-refractivity contribution is 5.99. The smallest absolute Gasteiger partial charge is 0.329 e. The summed E-state index contributed by atoms with van der Waals surface area (Å²) in [7, 11) is 0. The predicted octanol–water partition coefficient (Wildman–Crippen LogP) is 3.42. The first-order chi connectivity index (χ1) is 12.0. The van der Waals surface area contributed by atoms with E-state index in [2.05, 4.69) is 5.32 Å². The van der Waals surface area contributed by atoms with E-state index in [9.17, 15) is 18.0 Å². The van der Waals surface area contributed by atoms with Crippen molar-refractivity contribution in [3.63, 3.8) is 0 Å². The fraction of sp³-hybridized carbons (Fsp3) is 0.316. The van der Waals surface area contributed by atoms with Crippen LogP contribution in [0.3, 0.4) is 0 Å². The van der Waals surface area contributed by atoms with Crippen LogP contribution in [0.25, 0.3) is 0 Å². The van der Waals surface area contributed by atoms with Crippen LogP contribution in [0, 0.1) is 0 Å². The van der Waals surface area contributed by atoms with Crippen molar-refractivity contribution in [2.24, 2.45) is 0 Å². The molecule has 0 aliphatic carbocycles. The van der Waals surface area contributed by atoms with Crippen LogP contribution in [0.15, 0.2) is 48.5 Å². The third-order valence-corrected chi connectivity index (χ3v) is 5.05. The average molecular weight is 346 g/mol. The number of hydrogen-bond acceptors (Lipinski definition) is 2. The van der Waals surface area contributed by atoms with Gasteiger partial charge in [0.2, 0.25) is 0 Å². The molecule has 3 nitrogen and oxygen atoms in total. The first kappa shape index (κ1) is 16.1. The SMILES string of the molecule is O=C1c2c(cccc2C(F)(F)F)[C@@H]2CNC[C@@H]2N1Cc1ccccc1. The van der Waals surface area contributed by atoms with E-state index in [-0.39, 0.29) is 17.5 Å². The first-order valence-corrected chi connectivity index (χ1v) is 8.22. The summed E-state index contributed by atoms with van der Waals surface area (Å²) in [4.78, 5) is 14.6. The van der Waals surface area contributed by atoms with Gasteiger partial charge in [0.1, 0.15) is 0 Å². The summed E-state index contributed by atoms with van der Waals surface area (Å²) < 4.78 is 40.4. The zero-order chi connectivity index (χ0) is 17.6. The third kappa shape index (κ3) is 2.70. The van der Waals surface area contributed by atoms with Gasteiger partial charge in [-0.25, -0.2) is 0 Å². The van der Waals surface area contributed by atoms with Crippen molar-refractivity contribution in [3.8, 4) is 0 Å². The Morgan fingerprint density at radius 1 is 1.04 bits per heavy atom. The number of hydrogen-bond donors (Lipinski definition) is 1. The molecule has 0 spiro atoms. The van der Waals surface area contributed by atoms with E-state index in [4.69, 9.17) is 0 Å². The van der Waals surface area contributed by atoms with Crippen molar-refractivity contribution in [1.29, 1.82) is 0 Å². The molecule has 0 radical (unpaired) electrons. The van der Waals surface area contributed by atoms with E-state index >= 15 is 0 Å². The number of benzene rings is 2. The first-order valence-electron chi connectivity index (χ1n) is 8.22. The van der Waals surface area contributed by atoms with Gasteiger partial charge in [0.05, 0.1) is 17.2 Å². The normalized spacial score (nSPS) is 22.7. The molecule has 1 amide bonds. The van der Waals surface area contributed by atoms with E-state index in [0.29, 0.717) is 25.2 Å². The number of halogens is 3. The second-order valence-corrected chi connectivity index (χ2v) is 6.52.